The van der Waals surface area contributed by atoms with Crippen molar-refractivity contribution in [1.29, 1.82) is 0 Å². The van der Waals surface area contributed by atoms with Crippen molar-refractivity contribution < 1.29 is 14.8 Å². The number of nitro groups is 1. The van der Waals surface area contributed by atoms with E-state index < -0.39 is 10.9 Å². The highest BCUT2D eigenvalue weighted by atomic mass is 32.2. The van der Waals surface area contributed by atoms with Gasteiger partial charge in [0.25, 0.3) is 0 Å². The third-order valence-corrected chi connectivity index (χ3v) is 4.51. The van der Waals surface area contributed by atoms with Crippen molar-refractivity contribution in [3.8, 4) is 0 Å². The van der Waals surface area contributed by atoms with Crippen LogP contribution in [-0.4, -0.2) is 26.7 Å². The van der Waals surface area contributed by atoms with Crippen molar-refractivity contribution in [1.82, 2.24) is 4.98 Å². The van der Waals surface area contributed by atoms with Gasteiger partial charge in [-0.15, -0.1) is 0 Å². The first-order valence-electron chi connectivity index (χ1n) is 5.87. The summed E-state index contributed by atoms with van der Waals surface area (Å²) >= 11 is 1.28. The fraction of sp³-hybridized carbons (Fsp3) is 0.500. The second-order valence-electron chi connectivity index (χ2n) is 4.95. The predicted molar refractivity (Wildman–Crippen MR) is 70.3 cm³/mol. The molecule has 19 heavy (non-hydrogen) atoms. The monoisotopic (exact) mass is 282 g/mol. The van der Waals surface area contributed by atoms with Crippen LogP contribution >= 0.6 is 11.8 Å². The Morgan fingerprint density at radius 3 is 2.84 bits per heavy atom. The summed E-state index contributed by atoms with van der Waals surface area (Å²) < 4.78 is 0. The summed E-state index contributed by atoms with van der Waals surface area (Å²) in [6, 6.07) is 1.49. The molecule has 0 unspecified atom stereocenters. The molecule has 1 N–H and O–H groups in total. The van der Waals surface area contributed by atoms with Crippen LogP contribution < -0.4 is 0 Å². The van der Waals surface area contributed by atoms with E-state index in [9.17, 15) is 14.9 Å². The molecule has 0 aromatic carbocycles. The van der Waals surface area contributed by atoms with Gasteiger partial charge in [0.2, 0.25) is 0 Å². The first kappa shape index (κ1) is 13.8. The van der Waals surface area contributed by atoms with Crippen LogP contribution in [0.1, 0.15) is 24.8 Å². The quantitative estimate of drug-likeness (QED) is 0.489. The Morgan fingerprint density at radius 1 is 1.63 bits per heavy atom. The number of aliphatic carboxylic acids is 1. The molecule has 1 heterocycles. The van der Waals surface area contributed by atoms with E-state index in [0.29, 0.717) is 10.8 Å². The Hall–Kier alpha value is -1.63. The average molecular weight is 282 g/mol. The lowest BCUT2D eigenvalue weighted by atomic mass is 10.1. The van der Waals surface area contributed by atoms with Gasteiger partial charge >= 0.3 is 11.7 Å². The Labute approximate surface area is 114 Å². The highest BCUT2D eigenvalue weighted by Gasteiger charge is 2.44. The lowest BCUT2D eigenvalue weighted by molar-refractivity contribution is -0.388. The van der Waals surface area contributed by atoms with Crippen LogP contribution in [0.3, 0.4) is 0 Å². The minimum atomic E-state index is -0.815. The Morgan fingerprint density at radius 2 is 2.32 bits per heavy atom. The minimum Gasteiger partial charge on any atom is -0.481 e. The largest absolute Gasteiger partial charge is 0.481 e. The highest BCUT2D eigenvalue weighted by Crippen LogP contribution is 2.52. The molecule has 1 aromatic rings. The van der Waals surface area contributed by atoms with E-state index in [1.807, 2.05) is 0 Å². The van der Waals surface area contributed by atoms with E-state index in [1.165, 1.54) is 17.8 Å². The van der Waals surface area contributed by atoms with Gasteiger partial charge in [0.15, 0.2) is 5.03 Å². The van der Waals surface area contributed by atoms with Gasteiger partial charge in [-0.1, -0.05) is 11.8 Å². The number of carboxylic acid groups (broad SMARTS) is 1. The van der Waals surface area contributed by atoms with Crippen molar-refractivity contribution in [3.63, 3.8) is 0 Å². The van der Waals surface area contributed by atoms with Gasteiger partial charge in [0, 0.05) is 18.0 Å². The van der Waals surface area contributed by atoms with Crippen LogP contribution in [0, 0.1) is 22.5 Å². The molecule has 7 heteroatoms. The van der Waals surface area contributed by atoms with E-state index in [2.05, 4.69) is 4.98 Å². The van der Waals surface area contributed by atoms with Gasteiger partial charge in [0.1, 0.15) is 0 Å². The zero-order valence-corrected chi connectivity index (χ0v) is 11.3. The maximum atomic E-state index is 10.9. The van der Waals surface area contributed by atoms with Crippen molar-refractivity contribution in [2.75, 3.05) is 5.75 Å². The van der Waals surface area contributed by atoms with Crippen LogP contribution in [0.2, 0.25) is 0 Å². The molecule has 1 fully saturated rings. The molecule has 0 spiro atoms. The zero-order chi connectivity index (χ0) is 14.0. The number of aryl methyl sites for hydroxylation is 1. The third kappa shape index (κ3) is 3.44. The van der Waals surface area contributed by atoms with Crippen LogP contribution in [0.15, 0.2) is 17.3 Å². The van der Waals surface area contributed by atoms with Gasteiger partial charge < -0.3 is 5.11 Å². The first-order chi connectivity index (χ1) is 8.92. The maximum absolute atomic E-state index is 10.9. The summed E-state index contributed by atoms with van der Waals surface area (Å²) in [5.41, 5.74) is 0.538. The number of hydrogen-bond donors (Lipinski definition) is 1. The number of aromatic nitrogens is 1. The molecule has 0 amide bonds. The topological polar surface area (TPSA) is 93.3 Å². The van der Waals surface area contributed by atoms with Gasteiger partial charge in [-0.25, -0.2) is 4.98 Å². The van der Waals surface area contributed by atoms with Crippen molar-refractivity contribution in [3.05, 3.63) is 27.9 Å². The van der Waals surface area contributed by atoms with Crippen molar-refractivity contribution in [2.45, 2.75) is 31.2 Å². The van der Waals surface area contributed by atoms with Crippen LogP contribution in [0.4, 0.5) is 5.69 Å². The lowest BCUT2D eigenvalue weighted by Crippen LogP contribution is -2.11. The molecule has 1 aromatic heterocycles. The molecule has 1 aliphatic carbocycles. The molecule has 6 nitrogen and oxygen atoms in total. The first-order valence-corrected chi connectivity index (χ1v) is 6.86. The standard InChI is InChI=1S/C12H14N2O4S/c1-8-4-9(14(17)18)11(13-6-8)19-7-12(2-3-12)5-10(15)16/h4,6H,2-3,5,7H2,1H3,(H,15,16). The Balaban J connectivity index is 2.08. The normalized spacial score (nSPS) is 16.1. The number of rotatable bonds is 6. The second kappa shape index (κ2) is 5.16. The van der Waals surface area contributed by atoms with Gasteiger partial charge in [-0.2, -0.15) is 0 Å². The molecule has 0 radical (unpaired) electrons. The van der Waals surface area contributed by atoms with Gasteiger partial charge in [0.05, 0.1) is 11.3 Å². The molecular formula is C12H14N2O4S. The highest BCUT2D eigenvalue weighted by molar-refractivity contribution is 7.99. The summed E-state index contributed by atoms with van der Waals surface area (Å²) in [5, 5.41) is 20.2. The second-order valence-corrected chi connectivity index (χ2v) is 5.92. The zero-order valence-electron chi connectivity index (χ0n) is 10.5. The summed E-state index contributed by atoms with van der Waals surface area (Å²) in [6.07, 6.45) is 3.45. The average Bonchev–Trinajstić information content (AvgIpc) is 3.06. The molecule has 1 aliphatic rings. The molecule has 0 bridgehead atoms. The van der Waals surface area contributed by atoms with E-state index in [4.69, 9.17) is 5.11 Å². The molecular weight excluding hydrogens is 268 g/mol. The molecule has 0 aliphatic heterocycles. The minimum absolute atomic E-state index is 0.00359. The van der Waals surface area contributed by atoms with Crippen LogP contribution in [-0.2, 0) is 4.79 Å². The van der Waals surface area contributed by atoms with Gasteiger partial charge in [-0.3, -0.25) is 14.9 Å². The Kier molecular flexibility index (Phi) is 3.75. The lowest BCUT2D eigenvalue weighted by Gasteiger charge is -2.11. The molecule has 102 valence electrons. The predicted octanol–water partition coefficient (Wildman–Crippen LogP) is 2.65. The summed E-state index contributed by atoms with van der Waals surface area (Å²) in [5.74, 6) is -0.250. The smallest absolute Gasteiger partial charge is 0.303 e. The number of thioether (sulfide) groups is 1. The molecule has 2 rings (SSSR count). The number of nitrogens with zero attached hydrogens (tertiary/aromatic N) is 2. The van der Waals surface area contributed by atoms with E-state index in [-0.39, 0.29) is 17.5 Å². The SMILES string of the molecule is Cc1cnc(SCC2(CC(=O)O)CC2)c([N+](=O)[O-])c1. The fourth-order valence-electron chi connectivity index (χ4n) is 1.87. The van der Waals surface area contributed by atoms with Crippen molar-refractivity contribution >= 4 is 23.4 Å². The van der Waals surface area contributed by atoms with E-state index >= 15 is 0 Å². The molecule has 0 saturated heterocycles. The Bertz CT molecular complexity index is 528. The summed E-state index contributed by atoms with van der Waals surface area (Å²) in [6.45, 7) is 1.75. The maximum Gasteiger partial charge on any atom is 0.303 e. The van der Waals surface area contributed by atoms with E-state index in [1.54, 1.807) is 13.1 Å². The van der Waals surface area contributed by atoms with E-state index in [0.717, 1.165) is 18.4 Å². The number of hydrogen-bond acceptors (Lipinski definition) is 5. The molecule has 0 atom stereocenters. The molecule has 1 saturated carbocycles. The third-order valence-electron chi connectivity index (χ3n) is 3.16. The number of carbonyl (C=O) groups is 1. The number of carboxylic acids is 1. The fourth-order valence-corrected chi connectivity index (χ4v) is 3.12. The summed E-state index contributed by atoms with van der Waals surface area (Å²) in [7, 11) is 0. The van der Waals surface area contributed by atoms with Crippen LogP contribution in [0.5, 0.6) is 0 Å². The van der Waals surface area contributed by atoms with Gasteiger partial charge in [-0.05, 0) is 30.7 Å². The van der Waals surface area contributed by atoms with Crippen LogP contribution in [0.25, 0.3) is 0 Å². The van der Waals surface area contributed by atoms with Crippen molar-refractivity contribution in [2.24, 2.45) is 5.41 Å². The summed E-state index contributed by atoms with van der Waals surface area (Å²) in [4.78, 5) is 25.3. The number of pyridine rings is 1.